The maximum absolute atomic E-state index is 12.3. The molecule has 0 aromatic carbocycles. The Kier molecular flexibility index (Phi) is 19.3. The molecular weight excluding hydrogens is 636 g/mol. The van der Waals surface area contributed by atoms with Gasteiger partial charge in [0.25, 0.3) is 0 Å². The Bertz CT molecular complexity index is 1110. The van der Waals surface area contributed by atoms with Gasteiger partial charge in [-0.05, 0) is 145 Å². The van der Waals surface area contributed by atoms with E-state index >= 15 is 0 Å². The Morgan fingerprint density at radius 2 is 1.24 bits per heavy atom. The first-order chi connectivity index (χ1) is 24.5. The van der Waals surface area contributed by atoms with E-state index in [9.17, 15) is 14.7 Å². The first kappa shape index (κ1) is 43.2. The van der Waals surface area contributed by atoms with Crippen molar-refractivity contribution in [3.05, 3.63) is 48.6 Å². The predicted molar refractivity (Wildman–Crippen MR) is 209 cm³/mol. The maximum Gasteiger partial charge on any atom is 0.335 e. The Morgan fingerprint density at radius 3 is 1.75 bits per heavy atom. The molecular formula is C45H74O6. The van der Waals surface area contributed by atoms with Gasteiger partial charge in [-0.15, -0.1) is 0 Å². The van der Waals surface area contributed by atoms with E-state index < -0.39 is 24.0 Å². The smallest absolute Gasteiger partial charge is 0.335 e. The molecule has 0 heterocycles. The monoisotopic (exact) mass is 711 g/mol. The summed E-state index contributed by atoms with van der Waals surface area (Å²) in [6.07, 6.45) is 29.7. The molecule has 51 heavy (non-hydrogen) atoms. The number of carbonyl (C=O) groups excluding carboxylic acids is 2. The second kappa shape index (κ2) is 22.8. The minimum Gasteiger partial charge on any atom is -0.465 e. The summed E-state index contributed by atoms with van der Waals surface area (Å²) in [4.78, 5) is 24.2. The van der Waals surface area contributed by atoms with E-state index in [4.69, 9.17) is 14.6 Å². The van der Waals surface area contributed by atoms with E-state index in [1.807, 2.05) is 0 Å². The first-order valence-corrected chi connectivity index (χ1v) is 20.8. The number of unbranched alkanes of at least 4 members (excludes halogenated alkanes) is 2. The topological polar surface area (TPSA) is 93.1 Å². The Labute approximate surface area is 311 Å². The molecule has 0 amide bonds. The van der Waals surface area contributed by atoms with Crippen molar-refractivity contribution in [2.24, 2.45) is 46.8 Å². The van der Waals surface area contributed by atoms with E-state index in [2.05, 4.69) is 38.8 Å². The second-order valence-electron chi connectivity index (χ2n) is 17.1. The van der Waals surface area contributed by atoms with Crippen LogP contribution in [-0.4, -0.2) is 48.6 Å². The lowest BCUT2D eigenvalue weighted by molar-refractivity contribution is -0.156. The fourth-order valence-corrected chi connectivity index (χ4v) is 9.10. The van der Waals surface area contributed by atoms with Crippen LogP contribution in [0.25, 0.3) is 0 Å². The van der Waals surface area contributed by atoms with Gasteiger partial charge in [-0.25, -0.2) is 4.79 Å². The summed E-state index contributed by atoms with van der Waals surface area (Å²) in [6.45, 7) is 17.9. The molecule has 0 radical (unpaired) electrons. The molecule has 1 atom stereocenters. The van der Waals surface area contributed by atoms with Crippen LogP contribution in [0.3, 0.4) is 0 Å². The van der Waals surface area contributed by atoms with Gasteiger partial charge in [0.2, 0.25) is 0 Å². The summed E-state index contributed by atoms with van der Waals surface area (Å²) in [5, 5.41) is 18.6. The van der Waals surface area contributed by atoms with Gasteiger partial charge in [0.05, 0.1) is 37.4 Å². The molecule has 3 aliphatic carbocycles. The molecule has 3 saturated carbocycles. The Morgan fingerprint density at radius 1 is 0.725 bits per heavy atom. The third kappa shape index (κ3) is 14.6. The standard InChI is InChI=1S/C45H74O6/c1-7-8-9-12-36-17-19-39(20-18-36)41-25-27-42(28-26-41)40-23-21-38(22-24-40)34(3)16-15-33(2)37(13-10-29-50-43(48)35(4)31-46)14-11-30-51-44(49)45(5,6)32-47/h15-16,36-42,46-47H,2-4,7-14,17-32H2,1,5-6H3/b16-15-. The molecule has 3 aliphatic rings. The zero-order valence-corrected chi connectivity index (χ0v) is 32.8. The van der Waals surface area contributed by atoms with E-state index in [0.29, 0.717) is 18.8 Å². The van der Waals surface area contributed by atoms with Gasteiger partial charge in [-0.1, -0.05) is 88.5 Å². The first-order valence-electron chi connectivity index (χ1n) is 20.8. The summed E-state index contributed by atoms with van der Waals surface area (Å²) in [7, 11) is 0. The molecule has 0 saturated heterocycles. The number of ether oxygens (including phenoxy) is 2. The van der Waals surface area contributed by atoms with Crippen molar-refractivity contribution in [2.45, 2.75) is 149 Å². The van der Waals surface area contributed by atoms with Crippen molar-refractivity contribution in [1.82, 2.24) is 0 Å². The highest BCUT2D eigenvalue weighted by atomic mass is 16.5. The van der Waals surface area contributed by atoms with Crippen molar-refractivity contribution in [3.63, 3.8) is 0 Å². The lowest BCUT2D eigenvalue weighted by Crippen LogP contribution is -2.30. The maximum atomic E-state index is 12.3. The quantitative estimate of drug-likeness (QED) is 0.0503. The summed E-state index contributed by atoms with van der Waals surface area (Å²) in [6, 6.07) is 0. The number of aliphatic hydroxyl groups is 2. The van der Waals surface area contributed by atoms with Crippen LogP contribution in [-0.2, 0) is 19.1 Å². The van der Waals surface area contributed by atoms with Crippen molar-refractivity contribution in [1.29, 1.82) is 0 Å². The lowest BCUT2D eigenvalue weighted by Gasteiger charge is -2.41. The van der Waals surface area contributed by atoms with Crippen LogP contribution in [0, 0.1) is 46.8 Å². The van der Waals surface area contributed by atoms with Crippen LogP contribution in [0.4, 0.5) is 0 Å². The highest BCUT2D eigenvalue weighted by molar-refractivity contribution is 5.87. The van der Waals surface area contributed by atoms with Crippen molar-refractivity contribution >= 4 is 11.9 Å². The van der Waals surface area contributed by atoms with Crippen LogP contribution in [0.5, 0.6) is 0 Å². The zero-order valence-electron chi connectivity index (χ0n) is 32.8. The number of allylic oxidation sites excluding steroid dienone is 4. The summed E-state index contributed by atoms with van der Waals surface area (Å²) in [5.41, 5.74) is 1.32. The average Bonchev–Trinajstić information content (AvgIpc) is 3.16. The van der Waals surface area contributed by atoms with E-state index in [1.165, 1.54) is 108 Å². The zero-order chi connectivity index (χ0) is 37.2. The second-order valence-corrected chi connectivity index (χ2v) is 17.1. The lowest BCUT2D eigenvalue weighted by atomic mass is 9.64. The molecule has 0 aromatic rings. The molecule has 6 nitrogen and oxygen atoms in total. The molecule has 0 spiro atoms. The van der Waals surface area contributed by atoms with E-state index in [-0.39, 0.29) is 31.3 Å². The fourth-order valence-electron chi connectivity index (χ4n) is 9.10. The number of hydrogen-bond acceptors (Lipinski definition) is 6. The summed E-state index contributed by atoms with van der Waals surface area (Å²) in [5.74, 6) is 4.50. The van der Waals surface area contributed by atoms with E-state index in [1.54, 1.807) is 13.8 Å². The molecule has 290 valence electrons. The number of aliphatic hydroxyl groups excluding tert-OH is 2. The van der Waals surface area contributed by atoms with Crippen LogP contribution < -0.4 is 0 Å². The highest BCUT2D eigenvalue weighted by Gasteiger charge is 2.35. The van der Waals surface area contributed by atoms with E-state index in [0.717, 1.165) is 48.0 Å². The predicted octanol–water partition coefficient (Wildman–Crippen LogP) is 10.5. The van der Waals surface area contributed by atoms with Crippen LogP contribution in [0.1, 0.15) is 149 Å². The van der Waals surface area contributed by atoms with Crippen molar-refractivity contribution < 1.29 is 29.3 Å². The van der Waals surface area contributed by atoms with Crippen molar-refractivity contribution in [3.8, 4) is 0 Å². The third-order valence-electron chi connectivity index (χ3n) is 12.9. The molecule has 3 fully saturated rings. The number of esters is 2. The minimum absolute atomic E-state index is 0.0482. The highest BCUT2D eigenvalue weighted by Crippen LogP contribution is 2.47. The molecule has 6 heteroatoms. The molecule has 2 N–H and O–H groups in total. The minimum atomic E-state index is -0.917. The van der Waals surface area contributed by atoms with Crippen molar-refractivity contribution in [2.75, 3.05) is 26.4 Å². The molecule has 3 rings (SSSR count). The van der Waals surface area contributed by atoms with Gasteiger partial charge in [-0.3, -0.25) is 4.79 Å². The number of rotatable bonds is 22. The SMILES string of the molecule is C=C(CO)C(=O)OCCCC(CCCOC(=O)C(C)(C)CO)C(=C)/C=C\C(=C)C1CCC(C2CCC(C3CCC(CCCCC)CC3)CC2)CC1. The van der Waals surface area contributed by atoms with Gasteiger partial charge in [-0.2, -0.15) is 0 Å². The van der Waals surface area contributed by atoms with Gasteiger partial charge < -0.3 is 19.7 Å². The third-order valence-corrected chi connectivity index (χ3v) is 12.9. The normalized spacial score (nSPS) is 26.4. The molecule has 1 unspecified atom stereocenters. The van der Waals surface area contributed by atoms with Gasteiger partial charge >= 0.3 is 11.9 Å². The van der Waals surface area contributed by atoms with Crippen LogP contribution in [0.2, 0.25) is 0 Å². The largest absolute Gasteiger partial charge is 0.465 e. The number of hydrogen-bond donors (Lipinski definition) is 2. The molecule has 0 bridgehead atoms. The molecule has 0 aliphatic heterocycles. The van der Waals surface area contributed by atoms with Crippen LogP contribution >= 0.6 is 0 Å². The van der Waals surface area contributed by atoms with Crippen LogP contribution in [0.15, 0.2) is 48.6 Å². The fraction of sp³-hybridized carbons (Fsp3) is 0.778. The summed E-state index contributed by atoms with van der Waals surface area (Å²) < 4.78 is 10.7. The van der Waals surface area contributed by atoms with Gasteiger partial charge in [0, 0.05) is 0 Å². The Hall–Kier alpha value is -2.18. The number of carbonyl (C=O) groups is 2. The Balaban J connectivity index is 1.41. The average molecular weight is 711 g/mol. The summed E-state index contributed by atoms with van der Waals surface area (Å²) >= 11 is 0. The van der Waals surface area contributed by atoms with Gasteiger partial charge in [0.1, 0.15) is 0 Å². The van der Waals surface area contributed by atoms with Gasteiger partial charge in [0.15, 0.2) is 0 Å². The molecule has 0 aromatic heterocycles.